The lowest BCUT2D eigenvalue weighted by atomic mass is 10.2. The van der Waals surface area contributed by atoms with Crippen molar-refractivity contribution < 1.29 is 18.1 Å². The molecule has 0 aliphatic rings. The van der Waals surface area contributed by atoms with E-state index in [0.29, 0.717) is 22.7 Å². The first kappa shape index (κ1) is 16.2. The maximum absolute atomic E-state index is 13.4. The van der Waals surface area contributed by atoms with Crippen LogP contribution in [0.2, 0.25) is 0 Å². The molecule has 0 saturated carbocycles. The lowest BCUT2D eigenvalue weighted by Gasteiger charge is -2.05. The normalized spacial score (nSPS) is 10.8. The van der Waals surface area contributed by atoms with Crippen LogP contribution in [-0.4, -0.2) is 27.0 Å². The fraction of sp³-hybridized carbons (Fsp3) is 0.200. The lowest BCUT2D eigenvalue weighted by Crippen LogP contribution is -2.14. The maximum Gasteiger partial charge on any atom is 0.277 e. The van der Waals surface area contributed by atoms with Crippen molar-refractivity contribution in [1.82, 2.24) is 15.4 Å². The number of halogens is 1. The van der Waals surface area contributed by atoms with E-state index in [1.165, 1.54) is 6.07 Å². The summed E-state index contributed by atoms with van der Waals surface area (Å²) in [5.74, 6) is 0.220. The molecular weight excluding hydrogens is 335 g/mol. The second kappa shape index (κ2) is 6.83. The Labute approximate surface area is 140 Å². The van der Waals surface area contributed by atoms with Gasteiger partial charge in [0, 0.05) is 11.8 Å². The Bertz CT molecular complexity index is 877. The lowest BCUT2D eigenvalue weighted by molar-refractivity contribution is -0.113. The van der Waals surface area contributed by atoms with Crippen molar-refractivity contribution >= 4 is 23.4 Å². The van der Waals surface area contributed by atoms with Crippen LogP contribution in [0.25, 0.3) is 11.6 Å². The average molecular weight is 348 g/mol. The standard InChI is InChI=1S/C15H13FN4O3S/c1-8-3-4-10(6-11(8)16)17-13(21)7-24-15-19-18-14(22-15)12-5-9(2)23-20-12/h3-6H,7H2,1-2H3,(H,17,21). The number of hydrogen-bond acceptors (Lipinski definition) is 7. The highest BCUT2D eigenvalue weighted by molar-refractivity contribution is 7.99. The zero-order chi connectivity index (χ0) is 17.1. The number of hydrogen-bond donors (Lipinski definition) is 1. The number of anilines is 1. The Kier molecular flexibility index (Phi) is 4.61. The predicted octanol–water partition coefficient (Wildman–Crippen LogP) is 3.21. The van der Waals surface area contributed by atoms with E-state index in [9.17, 15) is 9.18 Å². The second-order valence-corrected chi connectivity index (χ2v) is 5.92. The highest BCUT2D eigenvalue weighted by Crippen LogP contribution is 2.23. The third-order valence-electron chi connectivity index (χ3n) is 3.04. The summed E-state index contributed by atoms with van der Waals surface area (Å²) in [6.45, 7) is 3.40. The number of aromatic nitrogens is 3. The average Bonchev–Trinajstić information content (AvgIpc) is 3.18. The van der Waals surface area contributed by atoms with Gasteiger partial charge in [0.25, 0.3) is 11.1 Å². The van der Waals surface area contributed by atoms with Crippen molar-refractivity contribution in [2.24, 2.45) is 0 Å². The molecule has 124 valence electrons. The van der Waals surface area contributed by atoms with E-state index >= 15 is 0 Å². The van der Waals surface area contributed by atoms with E-state index in [1.54, 1.807) is 32.0 Å². The van der Waals surface area contributed by atoms with E-state index < -0.39 is 0 Å². The summed E-state index contributed by atoms with van der Waals surface area (Å²) < 4.78 is 23.8. The molecule has 1 aromatic carbocycles. The molecule has 0 atom stereocenters. The van der Waals surface area contributed by atoms with Crippen molar-refractivity contribution in [1.29, 1.82) is 0 Å². The molecule has 0 spiro atoms. The number of benzene rings is 1. The van der Waals surface area contributed by atoms with E-state index in [-0.39, 0.29) is 28.6 Å². The summed E-state index contributed by atoms with van der Waals surface area (Å²) in [5.41, 5.74) is 1.35. The SMILES string of the molecule is Cc1cc(-c2nnc(SCC(=O)Nc3ccc(C)c(F)c3)o2)no1. The molecule has 0 radical (unpaired) electrons. The van der Waals surface area contributed by atoms with Crippen LogP contribution in [0.4, 0.5) is 10.1 Å². The highest BCUT2D eigenvalue weighted by atomic mass is 32.2. The van der Waals surface area contributed by atoms with Gasteiger partial charge in [0.05, 0.1) is 5.75 Å². The van der Waals surface area contributed by atoms with Gasteiger partial charge in [-0.2, -0.15) is 0 Å². The van der Waals surface area contributed by atoms with Crippen molar-refractivity contribution in [3.05, 3.63) is 41.4 Å². The number of amides is 1. The fourth-order valence-corrected chi connectivity index (χ4v) is 2.40. The Morgan fingerprint density at radius 1 is 1.29 bits per heavy atom. The topological polar surface area (TPSA) is 94.1 Å². The van der Waals surface area contributed by atoms with Crippen LogP contribution < -0.4 is 5.32 Å². The van der Waals surface area contributed by atoms with Crippen LogP contribution in [-0.2, 0) is 4.79 Å². The summed E-state index contributed by atoms with van der Waals surface area (Å²) >= 11 is 1.07. The summed E-state index contributed by atoms with van der Waals surface area (Å²) in [5, 5.41) is 14.3. The number of nitrogens with one attached hydrogen (secondary N) is 1. The van der Waals surface area contributed by atoms with Gasteiger partial charge in [-0.3, -0.25) is 4.79 Å². The van der Waals surface area contributed by atoms with Crippen molar-refractivity contribution in [3.8, 4) is 11.6 Å². The molecule has 7 nitrogen and oxygen atoms in total. The Balaban J connectivity index is 1.56. The van der Waals surface area contributed by atoms with Gasteiger partial charge >= 0.3 is 0 Å². The number of nitrogens with zero attached hydrogens (tertiary/aromatic N) is 3. The van der Waals surface area contributed by atoms with E-state index in [4.69, 9.17) is 8.94 Å². The smallest absolute Gasteiger partial charge is 0.277 e. The molecule has 24 heavy (non-hydrogen) atoms. The van der Waals surface area contributed by atoms with Gasteiger partial charge in [-0.05, 0) is 31.5 Å². The number of carbonyl (C=O) groups excluding carboxylic acids is 1. The number of carbonyl (C=O) groups is 1. The van der Waals surface area contributed by atoms with Gasteiger partial charge < -0.3 is 14.3 Å². The summed E-state index contributed by atoms with van der Waals surface area (Å²) in [6, 6.07) is 6.18. The Morgan fingerprint density at radius 3 is 2.83 bits per heavy atom. The molecule has 0 aliphatic carbocycles. The molecule has 3 aromatic rings. The minimum atomic E-state index is -0.370. The summed E-state index contributed by atoms with van der Waals surface area (Å²) in [7, 11) is 0. The van der Waals surface area contributed by atoms with Gasteiger partial charge in [-0.15, -0.1) is 10.2 Å². The first-order chi connectivity index (χ1) is 11.5. The van der Waals surface area contributed by atoms with Gasteiger partial charge in [0.15, 0.2) is 5.69 Å². The molecule has 1 N–H and O–H groups in total. The fourth-order valence-electron chi connectivity index (χ4n) is 1.83. The highest BCUT2D eigenvalue weighted by Gasteiger charge is 2.14. The second-order valence-electron chi connectivity index (χ2n) is 5.00. The van der Waals surface area contributed by atoms with Crippen LogP contribution >= 0.6 is 11.8 Å². The van der Waals surface area contributed by atoms with Crippen molar-refractivity contribution in [2.45, 2.75) is 19.1 Å². The summed E-state index contributed by atoms with van der Waals surface area (Å²) in [4.78, 5) is 11.9. The third kappa shape index (κ3) is 3.80. The van der Waals surface area contributed by atoms with Crippen molar-refractivity contribution in [3.63, 3.8) is 0 Å². The van der Waals surface area contributed by atoms with Gasteiger partial charge in [0.2, 0.25) is 5.91 Å². The van der Waals surface area contributed by atoms with Gasteiger partial charge in [-0.1, -0.05) is 23.0 Å². The van der Waals surface area contributed by atoms with Crippen molar-refractivity contribution in [2.75, 3.05) is 11.1 Å². The van der Waals surface area contributed by atoms with Crippen LogP contribution in [0, 0.1) is 19.7 Å². The minimum absolute atomic E-state index is 0.0506. The molecule has 0 bridgehead atoms. The number of thioether (sulfide) groups is 1. The van der Waals surface area contributed by atoms with E-state index in [1.807, 2.05) is 0 Å². The minimum Gasteiger partial charge on any atom is -0.409 e. The molecule has 0 fully saturated rings. The molecule has 1 amide bonds. The molecule has 2 heterocycles. The zero-order valence-electron chi connectivity index (χ0n) is 12.9. The molecule has 0 aliphatic heterocycles. The van der Waals surface area contributed by atoms with Crippen LogP contribution in [0.1, 0.15) is 11.3 Å². The molecule has 2 aromatic heterocycles. The van der Waals surface area contributed by atoms with E-state index in [0.717, 1.165) is 11.8 Å². The third-order valence-corrected chi connectivity index (χ3v) is 3.85. The van der Waals surface area contributed by atoms with Gasteiger partial charge in [-0.25, -0.2) is 4.39 Å². The van der Waals surface area contributed by atoms with Gasteiger partial charge in [0.1, 0.15) is 11.6 Å². The molecular formula is C15H13FN4O3S. The monoisotopic (exact) mass is 348 g/mol. The maximum atomic E-state index is 13.4. The first-order valence-electron chi connectivity index (χ1n) is 6.97. The Morgan fingerprint density at radius 2 is 2.12 bits per heavy atom. The molecule has 9 heteroatoms. The quantitative estimate of drug-likeness (QED) is 0.707. The first-order valence-corrected chi connectivity index (χ1v) is 7.96. The molecule has 0 saturated heterocycles. The zero-order valence-corrected chi connectivity index (χ0v) is 13.7. The largest absolute Gasteiger partial charge is 0.409 e. The van der Waals surface area contributed by atoms with E-state index in [2.05, 4.69) is 20.7 Å². The Hall–Kier alpha value is -2.68. The number of rotatable bonds is 5. The molecule has 3 rings (SSSR count). The van der Waals surface area contributed by atoms with Crippen LogP contribution in [0.3, 0.4) is 0 Å². The predicted molar refractivity (Wildman–Crippen MR) is 85.0 cm³/mol. The summed E-state index contributed by atoms with van der Waals surface area (Å²) in [6.07, 6.45) is 0. The number of aryl methyl sites for hydroxylation is 2. The molecule has 0 unspecified atom stereocenters. The van der Waals surface area contributed by atoms with Crippen LogP contribution in [0.5, 0.6) is 0 Å². The van der Waals surface area contributed by atoms with Crippen LogP contribution in [0.15, 0.2) is 38.4 Å².